The van der Waals surface area contributed by atoms with Gasteiger partial charge >= 0.3 is 0 Å². The first kappa shape index (κ1) is 27.8. The molecule has 1 N–H and O–H groups in total. The molecule has 2 aromatic heterocycles. The molecule has 2 aliphatic carbocycles. The van der Waals surface area contributed by atoms with Gasteiger partial charge in [-0.1, -0.05) is 19.1 Å². The van der Waals surface area contributed by atoms with E-state index >= 15 is 0 Å². The Balaban J connectivity index is 1.46. The van der Waals surface area contributed by atoms with Gasteiger partial charge in [0, 0.05) is 19.0 Å². The number of anilines is 2. The van der Waals surface area contributed by atoms with E-state index in [-0.39, 0.29) is 22.5 Å². The number of amidine groups is 1. The number of aldehydes is 1. The van der Waals surface area contributed by atoms with Crippen LogP contribution in [0.3, 0.4) is 0 Å². The van der Waals surface area contributed by atoms with Gasteiger partial charge in [-0.15, -0.1) is 0 Å². The molecule has 11 heteroatoms. The summed E-state index contributed by atoms with van der Waals surface area (Å²) in [6, 6.07) is 6.59. The fraction of sp³-hybridized carbons (Fsp3) is 0.448. The zero-order valence-electron chi connectivity index (χ0n) is 23.3. The highest BCUT2D eigenvalue weighted by Crippen LogP contribution is 2.43. The van der Waals surface area contributed by atoms with Gasteiger partial charge in [0.15, 0.2) is 33.6 Å². The fourth-order valence-corrected chi connectivity index (χ4v) is 5.75. The van der Waals surface area contributed by atoms with Gasteiger partial charge in [-0.3, -0.25) is 9.79 Å². The number of nitrogens with one attached hydrogen (secondary N) is 1. The molecule has 0 bridgehead atoms. The van der Waals surface area contributed by atoms with Crippen LogP contribution in [0.2, 0.25) is 0 Å². The number of aliphatic imine (C=N–C) groups is 1. The lowest BCUT2D eigenvalue weighted by molar-refractivity contribution is -0.102. The Morgan fingerprint density at radius 3 is 2.48 bits per heavy atom. The first-order valence-electron chi connectivity index (χ1n) is 13.8. The van der Waals surface area contributed by atoms with Crippen LogP contribution in [0, 0.1) is 6.92 Å². The minimum atomic E-state index is -3.29. The van der Waals surface area contributed by atoms with Gasteiger partial charge < -0.3 is 10.2 Å². The maximum atomic E-state index is 12.2. The van der Waals surface area contributed by atoms with E-state index in [1.807, 2.05) is 20.9 Å². The van der Waals surface area contributed by atoms with Crippen LogP contribution < -0.4 is 10.2 Å². The maximum absolute atomic E-state index is 12.2. The molecule has 3 aromatic rings. The van der Waals surface area contributed by atoms with Crippen LogP contribution in [0.15, 0.2) is 46.7 Å². The van der Waals surface area contributed by atoms with Crippen LogP contribution in [0.4, 0.5) is 11.5 Å². The monoisotopic (exact) mass is 561 g/mol. The van der Waals surface area contributed by atoms with Crippen molar-refractivity contribution in [3.8, 4) is 11.4 Å². The van der Waals surface area contributed by atoms with Gasteiger partial charge in [-0.2, -0.15) is 0 Å². The fourth-order valence-electron chi connectivity index (χ4n) is 4.87. The van der Waals surface area contributed by atoms with Gasteiger partial charge in [0.2, 0.25) is 0 Å². The number of carbonyl (C=O) groups is 1. The Morgan fingerprint density at radius 2 is 1.88 bits per heavy atom. The van der Waals surface area contributed by atoms with Crippen LogP contribution in [0.1, 0.15) is 74.9 Å². The number of nitrogens with zero attached hydrogens (tertiary/aromatic N) is 6. The zero-order chi connectivity index (χ0) is 28.4. The summed E-state index contributed by atoms with van der Waals surface area (Å²) in [7, 11) is -1.27. The second kappa shape index (κ2) is 11.4. The van der Waals surface area contributed by atoms with Crippen molar-refractivity contribution in [1.82, 2.24) is 19.9 Å². The lowest BCUT2D eigenvalue weighted by Crippen LogP contribution is -2.38. The smallest absolute Gasteiger partial charge is 0.185 e. The van der Waals surface area contributed by atoms with Crippen molar-refractivity contribution in [2.45, 2.75) is 75.8 Å². The molecular formula is C29H35N7O3S. The highest BCUT2D eigenvalue weighted by molar-refractivity contribution is 7.91. The average Bonchev–Trinajstić information content (AvgIpc) is 3.77. The summed E-state index contributed by atoms with van der Waals surface area (Å²) in [5, 5.41) is 3.16. The van der Waals surface area contributed by atoms with E-state index in [1.165, 1.54) is 6.42 Å². The van der Waals surface area contributed by atoms with Crippen LogP contribution in [0.5, 0.6) is 0 Å². The summed E-state index contributed by atoms with van der Waals surface area (Å²) >= 11 is 0. The number of carbonyl (C=O) groups excluding carboxylic acids is 1. The molecule has 10 nitrogen and oxygen atoms in total. The predicted octanol–water partition coefficient (Wildman–Crippen LogP) is 4.67. The molecule has 2 heterocycles. The molecule has 5 rings (SSSR count). The summed E-state index contributed by atoms with van der Waals surface area (Å²) in [6.45, 7) is 5.43. The number of rotatable bonds is 10. The van der Waals surface area contributed by atoms with E-state index < -0.39 is 9.84 Å². The molecule has 1 atom stereocenters. The van der Waals surface area contributed by atoms with E-state index in [2.05, 4.69) is 30.2 Å². The van der Waals surface area contributed by atoms with Gasteiger partial charge in [-0.05, 0) is 63.6 Å². The summed E-state index contributed by atoms with van der Waals surface area (Å²) in [5.41, 5.74) is 4.10. The van der Waals surface area contributed by atoms with Crippen LogP contribution in [0.25, 0.3) is 11.4 Å². The van der Waals surface area contributed by atoms with Gasteiger partial charge in [-0.25, -0.2) is 28.4 Å². The first-order valence-corrected chi connectivity index (χ1v) is 15.4. The minimum absolute atomic E-state index is 0.0382. The molecule has 0 aliphatic heterocycles. The summed E-state index contributed by atoms with van der Waals surface area (Å²) in [4.78, 5) is 37.8. The Morgan fingerprint density at radius 1 is 1.15 bits per heavy atom. The van der Waals surface area contributed by atoms with Crippen molar-refractivity contribution < 1.29 is 13.2 Å². The first-order chi connectivity index (χ1) is 19.2. The third kappa shape index (κ3) is 5.74. The predicted molar refractivity (Wildman–Crippen MR) is 156 cm³/mol. The van der Waals surface area contributed by atoms with E-state index in [0.717, 1.165) is 48.2 Å². The molecule has 40 heavy (non-hydrogen) atoms. The average molecular weight is 562 g/mol. The molecule has 0 saturated heterocycles. The number of hydrogen-bond donors (Lipinski definition) is 1. The van der Waals surface area contributed by atoms with Gasteiger partial charge in [0.1, 0.15) is 12.0 Å². The van der Waals surface area contributed by atoms with E-state index in [0.29, 0.717) is 35.6 Å². The van der Waals surface area contributed by atoms with Crippen molar-refractivity contribution in [3.63, 3.8) is 0 Å². The van der Waals surface area contributed by atoms with Crippen molar-refractivity contribution in [3.05, 3.63) is 53.7 Å². The standard InChI is InChI=1S/C29H35N7O3S/c1-5-40(38,39)23-13-11-20(12-14-23)18(2)33-25(16-37)34-24-15-30-28(35-29(24)36(4)22-7-6-8-22)26-19(3)31-17-32-27(26)21-9-10-21/h11-18,21-22H,5-10H2,1-4H3,(H,33,34)/t18-/m1/s1. The van der Waals surface area contributed by atoms with Crippen LogP contribution in [-0.4, -0.2) is 59.3 Å². The quantitative estimate of drug-likeness (QED) is 0.213. The Kier molecular flexibility index (Phi) is 7.93. The molecule has 0 radical (unpaired) electrons. The molecule has 0 unspecified atom stereocenters. The molecule has 2 saturated carbocycles. The van der Waals surface area contributed by atoms with E-state index in [9.17, 15) is 13.2 Å². The third-order valence-electron chi connectivity index (χ3n) is 7.79. The summed E-state index contributed by atoms with van der Waals surface area (Å²) in [5.74, 6) is 1.85. The lowest BCUT2D eigenvalue weighted by Gasteiger charge is -2.36. The van der Waals surface area contributed by atoms with Crippen molar-refractivity contribution in [1.29, 1.82) is 0 Å². The molecule has 0 amide bonds. The largest absolute Gasteiger partial charge is 0.355 e. The summed E-state index contributed by atoms with van der Waals surface area (Å²) in [6.07, 6.45) is 9.51. The minimum Gasteiger partial charge on any atom is -0.355 e. The topological polar surface area (TPSA) is 130 Å². The van der Waals surface area contributed by atoms with Crippen molar-refractivity contribution >= 4 is 33.5 Å². The molecule has 2 fully saturated rings. The Bertz CT molecular complexity index is 1530. The van der Waals surface area contributed by atoms with E-state index in [4.69, 9.17) is 4.98 Å². The lowest BCUT2D eigenvalue weighted by atomic mass is 9.92. The van der Waals surface area contributed by atoms with E-state index in [1.54, 1.807) is 43.7 Å². The van der Waals surface area contributed by atoms with Gasteiger partial charge in [0.25, 0.3) is 0 Å². The molecule has 2 aliphatic rings. The van der Waals surface area contributed by atoms with Crippen molar-refractivity contribution in [2.75, 3.05) is 23.0 Å². The third-order valence-corrected chi connectivity index (χ3v) is 9.54. The van der Waals surface area contributed by atoms with Crippen LogP contribution >= 0.6 is 0 Å². The molecule has 1 aromatic carbocycles. The highest BCUT2D eigenvalue weighted by atomic mass is 32.2. The Hall–Kier alpha value is -3.73. The zero-order valence-corrected chi connectivity index (χ0v) is 24.1. The second-order valence-corrected chi connectivity index (χ2v) is 12.8. The normalized spacial score (nSPS) is 16.8. The second-order valence-electron chi connectivity index (χ2n) is 10.5. The van der Waals surface area contributed by atoms with Crippen LogP contribution in [-0.2, 0) is 14.6 Å². The number of hydrogen-bond acceptors (Lipinski definition) is 9. The SMILES string of the molecule is CCS(=O)(=O)c1ccc([C@@H](C)N=C(C=O)Nc2cnc(-c3c(C)ncnc3C3CC3)nc2N(C)C2CCC2)cc1. The summed E-state index contributed by atoms with van der Waals surface area (Å²) < 4.78 is 24.3. The number of aryl methyl sites for hydroxylation is 1. The molecular weight excluding hydrogens is 526 g/mol. The highest BCUT2D eigenvalue weighted by Gasteiger charge is 2.31. The molecule has 0 spiro atoms. The molecule has 210 valence electrons. The van der Waals surface area contributed by atoms with Gasteiger partial charge in [0.05, 0.1) is 39.8 Å². The number of benzene rings is 1. The number of aromatic nitrogens is 4. The number of sulfone groups is 1. The Labute approximate surface area is 235 Å². The maximum Gasteiger partial charge on any atom is 0.185 e. The van der Waals surface area contributed by atoms with Crippen molar-refractivity contribution in [2.24, 2.45) is 4.99 Å².